The van der Waals surface area contributed by atoms with Crippen molar-refractivity contribution in [3.63, 3.8) is 0 Å². The summed E-state index contributed by atoms with van der Waals surface area (Å²) >= 11 is 3.39. The van der Waals surface area contributed by atoms with E-state index in [1.807, 2.05) is 42.5 Å². The van der Waals surface area contributed by atoms with E-state index in [9.17, 15) is 10.5 Å². The molecule has 0 amide bonds. The molecule has 0 bridgehead atoms. The van der Waals surface area contributed by atoms with Crippen LogP contribution < -0.4 is 4.90 Å². The van der Waals surface area contributed by atoms with Crippen LogP contribution in [0.4, 0.5) is 17.1 Å². The van der Waals surface area contributed by atoms with E-state index >= 15 is 0 Å². The largest absolute Gasteiger partial charge is 0.311 e. The fourth-order valence-corrected chi connectivity index (χ4v) is 7.60. The van der Waals surface area contributed by atoms with Gasteiger partial charge in [0.25, 0.3) is 0 Å². The molecule has 5 nitrogen and oxygen atoms in total. The van der Waals surface area contributed by atoms with Crippen LogP contribution in [-0.2, 0) is 0 Å². The van der Waals surface area contributed by atoms with Crippen molar-refractivity contribution in [1.82, 2.24) is 9.97 Å². The van der Waals surface area contributed by atoms with Gasteiger partial charge in [0.2, 0.25) is 0 Å². The molecule has 0 aliphatic rings. The van der Waals surface area contributed by atoms with Crippen LogP contribution >= 0.6 is 22.7 Å². The third-order valence-corrected chi connectivity index (χ3v) is 10.2. The van der Waals surface area contributed by atoms with E-state index in [1.165, 1.54) is 9.40 Å². The molecule has 0 aliphatic carbocycles. The molecule has 8 rings (SSSR count). The Morgan fingerprint density at radius 1 is 0.447 bits per heavy atom. The molecule has 0 saturated heterocycles. The molecule has 0 saturated carbocycles. The Labute approximate surface area is 279 Å². The van der Waals surface area contributed by atoms with Gasteiger partial charge in [-0.1, -0.05) is 42.5 Å². The molecule has 8 aromatic rings. The fourth-order valence-electron chi connectivity index (χ4n) is 5.66. The topological polar surface area (TPSA) is 76.6 Å². The van der Waals surface area contributed by atoms with E-state index < -0.39 is 0 Å². The molecule has 220 valence electrons. The van der Waals surface area contributed by atoms with Crippen molar-refractivity contribution in [2.45, 2.75) is 0 Å². The van der Waals surface area contributed by atoms with Crippen LogP contribution in [0.25, 0.3) is 52.7 Å². The number of nitrogens with zero attached hydrogens (tertiary/aromatic N) is 5. The minimum atomic E-state index is 0.372. The van der Waals surface area contributed by atoms with Crippen molar-refractivity contribution in [2.75, 3.05) is 4.90 Å². The van der Waals surface area contributed by atoms with Gasteiger partial charge in [0.15, 0.2) is 0 Å². The molecule has 0 aliphatic heterocycles. The number of nitriles is 2. The summed E-state index contributed by atoms with van der Waals surface area (Å²) in [5.74, 6) is 0. The lowest BCUT2D eigenvalue weighted by Gasteiger charge is -2.26. The van der Waals surface area contributed by atoms with Crippen LogP contribution in [0.5, 0.6) is 0 Å². The summed E-state index contributed by atoms with van der Waals surface area (Å²) in [7, 11) is 0. The molecule has 6 aromatic carbocycles. The maximum atomic E-state index is 9.53. The maximum Gasteiger partial charge on any atom is 0.124 e. The van der Waals surface area contributed by atoms with Crippen LogP contribution in [0.2, 0.25) is 0 Å². The zero-order chi connectivity index (χ0) is 31.7. The normalized spacial score (nSPS) is 10.9. The molecule has 0 unspecified atom stereocenters. The van der Waals surface area contributed by atoms with Gasteiger partial charge < -0.3 is 4.90 Å². The Balaban J connectivity index is 1.17. The van der Waals surface area contributed by atoms with Gasteiger partial charge in [-0.2, -0.15) is 10.5 Å². The highest BCUT2D eigenvalue weighted by Gasteiger charge is 2.16. The smallest absolute Gasteiger partial charge is 0.124 e. The number of aromatic nitrogens is 2. The molecule has 47 heavy (non-hydrogen) atoms. The van der Waals surface area contributed by atoms with E-state index in [-0.39, 0.29) is 0 Å². The lowest BCUT2D eigenvalue weighted by atomic mass is 9.99. The number of benzene rings is 6. The highest BCUT2D eigenvalue weighted by molar-refractivity contribution is 7.22. The van der Waals surface area contributed by atoms with Crippen molar-refractivity contribution >= 4 is 60.2 Å². The molecular formula is C40H23N5S2. The zero-order valence-electron chi connectivity index (χ0n) is 24.8. The number of anilines is 3. The number of para-hydroxylation sites is 2. The van der Waals surface area contributed by atoms with Crippen molar-refractivity contribution in [3.8, 4) is 44.4 Å². The molecule has 0 N–H and O–H groups in total. The molecular weight excluding hydrogens is 615 g/mol. The van der Waals surface area contributed by atoms with E-state index in [2.05, 4.69) is 102 Å². The molecule has 0 atom stereocenters. The predicted octanol–water partition coefficient (Wildman–Crippen LogP) is 11.1. The van der Waals surface area contributed by atoms with Crippen LogP contribution in [-0.4, -0.2) is 9.97 Å². The van der Waals surface area contributed by atoms with Crippen LogP contribution in [0.3, 0.4) is 0 Å². The summed E-state index contributed by atoms with van der Waals surface area (Å²) in [6, 6.07) is 51.3. The lowest BCUT2D eigenvalue weighted by Crippen LogP contribution is -2.09. The fraction of sp³-hybridized carbons (Fsp3) is 0. The van der Waals surface area contributed by atoms with Crippen molar-refractivity contribution in [2.24, 2.45) is 0 Å². The van der Waals surface area contributed by atoms with Gasteiger partial charge in [-0.05, 0) is 108 Å². The van der Waals surface area contributed by atoms with Crippen LogP contribution in [0.1, 0.15) is 11.1 Å². The number of rotatable bonds is 6. The summed E-state index contributed by atoms with van der Waals surface area (Å²) in [6.45, 7) is 0. The van der Waals surface area contributed by atoms with Crippen molar-refractivity contribution in [3.05, 3.63) is 151 Å². The van der Waals surface area contributed by atoms with Gasteiger partial charge in [0.1, 0.15) is 22.2 Å². The summed E-state index contributed by atoms with van der Waals surface area (Å²) < 4.78 is 2.34. The van der Waals surface area contributed by atoms with E-state index in [0.29, 0.717) is 11.1 Å². The number of fused-ring (bicyclic) bond motifs is 2. The summed E-state index contributed by atoms with van der Waals surface area (Å²) in [6.07, 6.45) is 0. The first-order valence-electron chi connectivity index (χ1n) is 14.9. The average molecular weight is 638 g/mol. The minimum Gasteiger partial charge on any atom is -0.311 e. The van der Waals surface area contributed by atoms with Gasteiger partial charge in [-0.15, -0.1) is 22.7 Å². The third kappa shape index (κ3) is 5.41. The summed E-state index contributed by atoms with van der Waals surface area (Å²) in [4.78, 5) is 11.9. The Morgan fingerprint density at radius 3 is 1.32 bits per heavy atom. The zero-order valence-corrected chi connectivity index (χ0v) is 26.5. The number of thiazole rings is 2. The standard InChI is InChI=1S/C40H23N5S2/c41-24-30-10-9-29(23-31(30)25-42)26-11-17-32(18-12-26)45(33-19-13-27(14-20-33)39-43-35-5-1-3-7-37(35)46-39)34-21-15-28(16-22-34)40-44-36-6-2-4-8-38(36)47-40/h1-23H. The number of hydrogen-bond acceptors (Lipinski definition) is 7. The first-order valence-corrected chi connectivity index (χ1v) is 16.6. The molecule has 2 heterocycles. The maximum absolute atomic E-state index is 9.53. The first-order chi connectivity index (χ1) is 23.2. The highest BCUT2D eigenvalue weighted by Crippen LogP contribution is 2.39. The Hall–Kier alpha value is -6.12. The highest BCUT2D eigenvalue weighted by atomic mass is 32.1. The monoisotopic (exact) mass is 637 g/mol. The second-order valence-electron chi connectivity index (χ2n) is 10.9. The summed E-state index contributed by atoms with van der Waals surface area (Å²) in [5, 5.41) is 20.9. The molecule has 0 fully saturated rings. The minimum absolute atomic E-state index is 0.372. The van der Waals surface area contributed by atoms with Crippen LogP contribution in [0.15, 0.2) is 140 Å². The predicted molar refractivity (Wildman–Crippen MR) is 193 cm³/mol. The van der Waals surface area contributed by atoms with Gasteiger partial charge in [-0.3, -0.25) is 0 Å². The van der Waals surface area contributed by atoms with Gasteiger partial charge in [0, 0.05) is 28.2 Å². The Morgan fingerprint density at radius 2 is 0.872 bits per heavy atom. The quantitative estimate of drug-likeness (QED) is 0.181. The van der Waals surface area contributed by atoms with E-state index in [1.54, 1.807) is 34.8 Å². The van der Waals surface area contributed by atoms with E-state index in [0.717, 1.165) is 60.4 Å². The summed E-state index contributed by atoms with van der Waals surface area (Å²) in [5.41, 5.74) is 9.79. The molecule has 2 aromatic heterocycles. The van der Waals surface area contributed by atoms with E-state index in [4.69, 9.17) is 9.97 Å². The van der Waals surface area contributed by atoms with Gasteiger partial charge >= 0.3 is 0 Å². The van der Waals surface area contributed by atoms with Gasteiger partial charge in [0.05, 0.1) is 31.6 Å². The number of hydrogen-bond donors (Lipinski definition) is 0. The molecule has 7 heteroatoms. The molecule has 0 spiro atoms. The van der Waals surface area contributed by atoms with Crippen molar-refractivity contribution in [1.29, 1.82) is 10.5 Å². The molecule has 0 radical (unpaired) electrons. The Bertz CT molecular complexity index is 2300. The lowest BCUT2D eigenvalue weighted by molar-refractivity contribution is 1.28. The average Bonchev–Trinajstić information content (AvgIpc) is 3.77. The third-order valence-electron chi connectivity index (χ3n) is 8.05. The first kappa shape index (κ1) is 28.4. The SMILES string of the molecule is N#Cc1ccc(-c2ccc(N(c3ccc(-c4nc5ccccc5s4)cc3)c3ccc(-c4nc5ccccc5s4)cc3)cc2)cc1C#N. The van der Waals surface area contributed by atoms with Gasteiger partial charge in [-0.25, -0.2) is 9.97 Å². The second-order valence-corrected chi connectivity index (χ2v) is 13.0. The van der Waals surface area contributed by atoms with Crippen molar-refractivity contribution < 1.29 is 0 Å². The Kier molecular flexibility index (Phi) is 7.24. The second kappa shape index (κ2) is 12.0. The van der Waals surface area contributed by atoms with Crippen LogP contribution in [0, 0.1) is 22.7 Å².